The third kappa shape index (κ3) is 1.47. The summed E-state index contributed by atoms with van der Waals surface area (Å²) in [5, 5.41) is 5.04. The van der Waals surface area contributed by atoms with Gasteiger partial charge in [-0.2, -0.15) is 0 Å². The smallest absolute Gasteiger partial charge is 0.0608 e. The van der Waals surface area contributed by atoms with E-state index in [1.54, 1.807) is 0 Å². The first-order valence-corrected chi connectivity index (χ1v) is 4.83. The molecule has 2 aliphatic heterocycles. The largest absolute Gasteiger partial charge is 0.379 e. The Morgan fingerprint density at radius 2 is 2.20 bits per heavy atom. The number of rotatable bonds is 2. The van der Waals surface area contributed by atoms with Gasteiger partial charge in [0.15, 0.2) is 0 Å². The van der Waals surface area contributed by atoms with Crippen LogP contribution in [0, 0.1) is 0 Å². The Kier molecular flexibility index (Phi) is 2.16. The molecule has 0 aromatic rings. The highest BCUT2D eigenvalue weighted by molar-refractivity contribution is 8.00. The standard InChI is InChI=1S/C7H13NOS/c1-2-8-3-6(1)10-7-4-9-5-7/h6-8H,1-5H2. The molecule has 0 bridgehead atoms. The summed E-state index contributed by atoms with van der Waals surface area (Å²) in [6, 6.07) is 0. The fourth-order valence-corrected chi connectivity index (χ4v) is 2.67. The first-order valence-electron chi connectivity index (χ1n) is 3.89. The molecule has 0 radical (unpaired) electrons. The normalized spacial score (nSPS) is 34.2. The van der Waals surface area contributed by atoms with Crippen molar-refractivity contribution < 1.29 is 4.74 Å². The van der Waals surface area contributed by atoms with Crippen molar-refractivity contribution >= 4 is 11.8 Å². The van der Waals surface area contributed by atoms with Crippen molar-refractivity contribution in [3.63, 3.8) is 0 Å². The van der Waals surface area contributed by atoms with E-state index in [0.717, 1.165) is 23.7 Å². The molecule has 0 amide bonds. The first-order chi connectivity index (χ1) is 4.95. The predicted molar refractivity (Wildman–Crippen MR) is 43.5 cm³/mol. The minimum absolute atomic E-state index is 0.810. The van der Waals surface area contributed by atoms with E-state index in [2.05, 4.69) is 17.1 Å². The Morgan fingerprint density at radius 1 is 1.30 bits per heavy atom. The quantitative estimate of drug-likeness (QED) is 0.633. The van der Waals surface area contributed by atoms with Crippen LogP contribution >= 0.6 is 11.8 Å². The van der Waals surface area contributed by atoms with E-state index in [0.29, 0.717) is 0 Å². The monoisotopic (exact) mass is 159 g/mol. The van der Waals surface area contributed by atoms with Gasteiger partial charge in [-0.15, -0.1) is 11.8 Å². The fourth-order valence-electron chi connectivity index (χ4n) is 1.31. The van der Waals surface area contributed by atoms with Crippen molar-refractivity contribution in [1.29, 1.82) is 0 Å². The molecular formula is C7H13NOS. The van der Waals surface area contributed by atoms with Gasteiger partial charge in [-0.3, -0.25) is 0 Å². The Labute approximate surface area is 65.7 Å². The van der Waals surface area contributed by atoms with Crippen LogP contribution in [0.4, 0.5) is 0 Å². The van der Waals surface area contributed by atoms with Crippen LogP contribution in [-0.2, 0) is 4.74 Å². The van der Waals surface area contributed by atoms with Crippen molar-refractivity contribution in [2.24, 2.45) is 0 Å². The van der Waals surface area contributed by atoms with Crippen LogP contribution in [0.25, 0.3) is 0 Å². The number of thioether (sulfide) groups is 1. The van der Waals surface area contributed by atoms with Crippen LogP contribution in [0.3, 0.4) is 0 Å². The van der Waals surface area contributed by atoms with Crippen LogP contribution in [0.1, 0.15) is 6.42 Å². The molecule has 0 spiro atoms. The summed E-state index contributed by atoms with van der Waals surface area (Å²) < 4.78 is 5.10. The number of ether oxygens (including phenoxy) is 1. The molecule has 3 heteroatoms. The van der Waals surface area contributed by atoms with E-state index in [1.165, 1.54) is 19.5 Å². The van der Waals surface area contributed by atoms with Gasteiger partial charge in [-0.1, -0.05) is 0 Å². The zero-order valence-corrected chi connectivity index (χ0v) is 6.82. The highest BCUT2D eigenvalue weighted by Gasteiger charge is 2.25. The van der Waals surface area contributed by atoms with E-state index in [-0.39, 0.29) is 0 Å². The number of nitrogens with one attached hydrogen (secondary N) is 1. The molecule has 58 valence electrons. The van der Waals surface area contributed by atoms with Crippen LogP contribution in [0.2, 0.25) is 0 Å². The maximum atomic E-state index is 5.10. The van der Waals surface area contributed by atoms with Crippen molar-refractivity contribution in [2.75, 3.05) is 26.3 Å². The maximum Gasteiger partial charge on any atom is 0.0608 e. The summed E-state index contributed by atoms with van der Waals surface area (Å²) in [4.78, 5) is 0. The highest BCUT2D eigenvalue weighted by Crippen LogP contribution is 2.26. The van der Waals surface area contributed by atoms with Crippen molar-refractivity contribution in [2.45, 2.75) is 16.9 Å². The van der Waals surface area contributed by atoms with Gasteiger partial charge in [0, 0.05) is 11.8 Å². The summed E-state index contributed by atoms with van der Waals surface area (Å²) in [5.74, 6) is 0. The topological polar surface area (TPSA) is 21.3 Å². The van der Waals surface area contributed by atoms with Crippen molar-refractivity contribution in [3.8, 4) is 0 Å². The van der Waals surface area contributed by atoms with Crippen molar-refractivity contribution in [3.05, 3.63) is 0 Å². The molecule has 0 aliphatic carbocycles. The van der Waals surface area contributed by atoms with Crippen LogP contribution in [0.15, 0.2) is 0 Å². The van der Waals surface area contributed by atoms with Crippen LogP contribution in [0.5, 0.6) is 0 Å². The van der Waals surface area contributed by atoms with Crippen molar-refractivity contribution in [1.82, 2.24) is 5.32 Å². The Hall–Kier alpha value is 0.270. The summed E-state index contributed by atoms with van der Waals surface area (Å²) in [7, 11) is 0. The van der Waals surface area contributed by atoms with Gasteiger partial charge >= 0.3 is 0 Å². The molecule has 0 aromatic heterocycles. The Bertz CT molecular complexity index is 110. The maximum absolute atomic E-state index is 5.10. The fraction of sp³-hybridized carbons (Fsp3) is 1.00. The van der Waals surface area contributed by atoms with Gasteiger partial charge in [-0.25, -0.2) is 0 Å². The first kappa shape index (κ1) is 6.95. The zero-order chi connectivity index (χ0) is 6.81. The summed E-state index contributed by atoms with van der Waals surface area (Å²) in [6.45, 7) is 4.40. The molecule has 2 heterocycles. The average Bonchev–Trinajstić information content (AvgIpc) is 2.29. The Balaban J connectivity index is 1.68. The van der Waals surface area contributed by atoms with Gasteiger partial charge in [0.1, 0.15) is 0 Å². The van der Waals surface area contributed by atoms with E-state index in [1.807, 2.05) is 0 Å². The van der Waals surface area contributed by atoms with Gasteiger partial charge in [0.05, 0.1) is 18.5 Å². The Morgan fingerprint density at radius 3 is 2.70 bits per heavy atom. The van der Waals surface area contributed by atoms with E-state index < -0.39 is 0 Å². The molecule has 2 saturated heterocycles. The van der Waals surface area contributed by atoms with Crippen LogP contribution in [-0.4, -0.2) is 36.8 Å². The highest BCUT2D eigenvalue weighted by atomic mass is 32.2. The predicted octanol–water partition coefficient (Wildman–Crippen LogP) is 0.480. The van der Waals surface area contributed by atoms with E-state index in [4.69, 9.17) is 4.74 Å². The molecule has 2 rings (SSSR count). The molecule has 1 unspecified atom stereocenters. The van der Waals surface area contributed by atoms with Gasteiger partial charge < -0.3 is 10.1 Å². The molecule has 2 nitrogen and oxygen atoms in total. The van der Waals surface area contributed by atoms with E-state index >= 15 is 0 Å². The third-order valence-corrected chi connectivity index (χ3v) is 3.45. The molecule has 0 saturated carbocycles. The van der Waals surface area contributed by atoms with Crippen LogP contribution < -0.4 is 5.32 Å². The number of hydrogen-bond acceptors (Lipinski definition) is 3. The number of hydrogen-bond donors (Lipinski definition) is 1. The second-order valence-electron chi connectivity index (χ2n) is 2.91. The minimum atomic E-state index is 0.810. The molecule has 1 N–H and O–H groups in total. The molecule has 0 aromatic carbocycles. The summed E-state index contributed by atoms with van der Waals surface area (Å²) in [6.07, 6.45) is 1.35. The second kappa shape index (κ2) is 3.11. The minimum Gasteiger partial charge on any atom is -0.379 e. The SMILES string of the molecule is C1CC(SC2COC2)CN1. The van der Waals surface area contributed by atoms with E-state index in [9.17, 15) is 0 Å². The molecule has 1 atom stereocenters. The lowest BCUT2D eigenvalue weighted by atomic mass is 10.4. The average molecular weight is 159 g/mol. The lowest BCUT2D eigenvalue weighted by Gasteiger charge is -2.27. The lowest BCUT2D eigenvalue weighted by Crippen LogP contribution is -2.32. The molecular weight excluding hydrogens is 146 g/mol. The lowest BCUT2D eigenvalue weighted by molar-refractivity contribution is 0.0453. The third-order valence-electron chi connectivity index (χ3n) is 2.01. The van der Waals surface area contributed by atoms with Gasteiger partial charge in [0.2, 0.25) is 0 Å². The summed E-state index contributed by atoms with van der Waals surface area (Å²) in [5.41, 5.74) is 0. The molecule has 2 aliphatic rings. The molecule has 2 fully saturated rings. The summed E-state index contributed by atoms with van der Waals surface area (Å²) >= 11 is 2.11. The second-order valence-corrected chi connectivity index (χ2v) is 4.52. The van der Waals surface area contributed by atoms with Gasteiger partial charge in [-0.05, 0) is 13.0 Å². The van der Waals surface area contributed by atoms with Gasteiger partial charge in [0.25, 0.3) is 0 Å². The molecule has 10 heavy (non-hydrogen) atoms. The zero-order valence-electron chi connectivity index (χ0n) is 6.01.